The van der Waals surface area contributed by atoms with Crippen molar-refractivity contribution in [3.63, 3.8) is 0 Å². The van der Waals surface area contributed by atoms with Crippen molar-refractivity contribution in [1.82, 2.24) is 4.98 Å². The van der Waals surface area contributed by atoms with E-state index in [0.29, 0.717) is 5.56 Å². The van der Waals surface area contributed by atoms with E-state index in [4.69, 9.17) is 0 Å². The lowest BCUT2D eigenvalue weighted by atomic mass is 10.1. The van der Waals surface area contributed by atoms with E-state index in [1.807, 2.05) is 45.0 Å². The average molecular weight is 348 g/mol. The van der Waals surface area contributed by atoms with E-state index < -0.39 is 0 Å². The lowest BCUT2D eigenvalue weighted by Crippen LogP contribution is -2.16. The van der Waals surface area contributed by atoms with Crippen LogP contribution < -0.4 is 10.6 Å². The minimum Gasteiger partial charge on any atom is -0.385 e. The Hall–Kier alpha value is -1.88. The van der Waals surface area contributed by atoms with Gasteiger partial charge in [-0.25, -0.2) is 0 Å². The Morgan fingerprint density at radius 3 is 2.76 bits per heavy atom. The molecule has 2 rings (SSSR count). The van der Waals surface area contributed by atoms with E-state index in [-0.39, 0.29) is 5.91 Å². The summed E-state index contributed by atoms with van der Waals surface area (Å²) in [5, 5.41) is 6.14. The fourth-order valence-electron chi connectivity index (χ4n) is 2.01. The number of aryl methyl sites for hydroxylation is 1. The highest BCUT2D eigenvalue weighted by Gasteiger charge is 2.13. The Bertz CT molecular complexity index is 671. The topological polar surface area (TPSA) is 54.0 Å². The van der Waals surface area contributed by atoms with Crippen molar-refractivity contribution in [3.8, 4) is 0 Å². The second kappa shape index (κ2) is 6.72. The molecule has 0 saturated heterocycles. The summed E-state index contributed by atoms with van der Waals surface area (Å²) in [6.07, 6.45) is 1.61. The van der Waals surface area contributed by atoms with Crippen LogP contribution in [0.5, 0.6) is 0 Å². The second-order valence-electron chi connectivity index (χ2n) is 4.77. The van der Waals surface area contributed by atoms with Crippen molar-refractivity contribution in [2.45, 2.75) is 20.8 Å². The molecule has 21 heavy (non-hydrogen) atoms. The van der Waals surface area contributed by atoms with Gasteiger partial charge < -0.3 is 10.6 Å². The Morgan fingerprint density at radius 2 is 2.05 bits per heavy atom. The molecule has 2 N–H and O–H groups in total. The molecule has 110 valence electrons. The van der Waals surface area contributed by atoms with Gasteiger partial charge in [0.25, 0.3) is 5.91 Å². The summed E-state index contributed by atoms with van der Waals surface area (Å²) in [4.78, 5) is 16.7. The van der Waals surface area contributed by atoms with E-state index >= 15 is 0 Å². The van der Waals surface area contributed by atoms with Gasteiger partial charge in [0.15, 0.2) is 0 Å². The number of carbonyl (C=O) groups is 1. The van der Waals surface area contributed by atoms with E-state index in [9.17, 15) is 4.79 Å². The van der Waals surface area contributed by atoms with Crippen LogP contribution >= 0.6 is 15.9 Å². The van der Waals surface area contributed by atoms with Crippen LogP contribution in [0.3, 0.4) is 0 Å². The standard InChI is InChI=1S/C16H18BrN3O/c1-4-18-15-8-10(2)19-9-12(15)16(21)20-14-7-5-6-13(17)11(14)3/h5-9H,4H2,1-3H3,(H,18,19)(H,20,21). The highest BCUT2D eigenvalue weighted by Crippen LogP contribution is 2.25. The number of halogens is 1. The summed E-state index contributed by atoms with van der Waals surface area (Å²) in [6.45, 7) is 6.61. The molecule has 4 nitrogen and oxygen atoms in total. The van der Waals surface area contributed by atoms with Crippen molar-refractivity contribution < 1.29 is 4.79 Å². The molecule has 0 aliphatic rings. The third-order valence-electron chi connectivity index (χ3n) is 3.17. The predicted molar refractivity (Wildman–Crippen MR) is 90.0 cm³/mol. The van der Waals surface area contributed by atoms with Gasteiger partial charge in [0, 0.05) is 28.6 Å². The zero-order valence-corrected chi connectivity index (χ0v) is 13.9. The molecule has 0 spiro atoms. The number of aromatic nitrogens is 1. The molecule has 1 heterocycles. The van der Waals surface area contributed by atoms with Crippen LogP contribution in [0, 0.1) is 13.8 Å². The van der Waals surface area contributed by atoms with E-state index in [1.54, 1.807) is 6.20 Å². The molecule has 1 aromatic carbocycles. The fourth-order valence-corrected chi connectivity index (χ4v) is 2.38. The van der Waals surface area contributed by atoms with Gasteiger partial charge in [-0.3, -0.25) is 9.78 Å². The maximum absolute atomic E-state index is 12.5. The molecule has 0 fully saturated rings. The van der Waals surface area contributed by atoms with Crippen LogP contribution in [-0.2, 0) is 0 Å². The zero-order valence-electron chi connectivity index (χ0n) is 12.3. The number of anilines is 2. The van der Waals surface area contributed by atoms with Gasteiger partial charge in [0.05, 0.1) is 11.3 Å². The Labute approximate surface area is 133 Å². The first-order valence-electron chi connectivity index (χ1n) is 6.80. The normalized spacial score (nSPS) is 10.3. The summed E-state index contributed by atoms with van der Waals surface area (Å²) in [5.41, 5.74) is 4.01. The number of pyridine rings is 1. The molecule has 5 heteroatoms. The third-order valence-corrected chi connectivity index (χ3v) is 4.03. The summed E-state index contributed by atoms with van der Waals surface area (Å²) >= 11 is 3.47. The van der Waals surface area contributed by atoms with Crippen molar-refractivity contribution in [3.05, 3.63) is 51.8 Å². The SMILES string of the molecule is CCNc1cc(C)ncc1C(=O)Nc1cccc(Br)c1C. The summed E-state index contributed by atoms with van der Waals surface area (Å²) < 4.78 is 0.967. The van der Waals surface area contributed by atoms with Crippen molar-refractivity contribution >= 4 is 33.2 Å². The minimum absolute atomic E-state index is 0.167. The average Bonchev–Trinajstić information content (AvgIpc) is 2.44. The quantitative estimate of drug-likeness (QED) is 0.873. The van der Waals surface area contributed by atoms with Gasteiger partial charge in [-0.15, -0.1) is 0 Å². The van der Waals surface area contributed by atoms with Gasteiger partial charge in [0.1, 0.15) is 0 Å². The van der Waals surface area contributed by atoms with Gasteiger partial charge in [-0.2, -0.15) is 0 Å². The molecule has 1 amide bonds. The van der Waals surface area contributed by atoms with Crippen molar-refractivity contribution in [1.29, 1.82) is 0 Å². The Kier molecular flexibility index (Phi) is 4.96. The van der Waals surface area contributed by atoms with Crippen molar-refractivity contribution in [2.75, 3.05) is 17.2 Å². The number of nitrogens with one attached hydrogen (secondary N) is 2. The van der Waals surface area contributed by atoms with Gasteiger partial charge in [0.2, 0.25) is 0 Å². The first-order valence-corrected chi connectivity index (χ1v) is 7.59. The monoisotopic (exact) mass is 347 g/mol. The molecule has 0 bridgehead atoms. The second-order valence-corrected chi connectivity index (χ2v) is 5.62. The molecule has 0 unspecified atom stereocenters. The van der Waals surface area contributed by atoms with Crippen LogP contribution in [0.4, 0.5) is 11.4 Å². The molecule has 2 aromatic rings. The van der Waals surface area contributed by atoms with E-state index in [1.165, 1.54) is 0 Å². The number of hydrogen-bond acceptors (Lipinski definition) is 3. The number of amides is 1. The molecular weight excluding hydrogens is 330 g/mol. The zero-order chi connectivity index (χ0) is 15.4. The molecule has 0 aliphatic heterocycles. The lowest BCUT2D eigenvalue weighted by molar-refractivity contribution is 0.102. The highest BCUT2D eigenvalue weighted by molar-refractivity contribution is 9.10. The summed E-state index contributed by atoms with van der Waals surface area (Å²) in [6, 6.07) is 7.60. The van der Waals surface area contributed by atoms with Crippen LogP contribution in [0.1, 0.15) is 28.5 Å². The molecular formula is C16H18BrN3O. The molecule has 0 aliphatic carbocycles. The van der Waals surface area contributed by atoms with Gasteiger partial charge in [-0.05, 0) is 44.5 Å². The van der Waals surface area contributed by atoms with E-state index in [2.05, 4.69) is 31.5 Å². The van der Waals surface area contributed by atoms with Crippen LogP contribution in [0.2, 0.25) is 0 Å². The lowest BCUT2D eigenvalue weighted by Gasteiger charge is -2.13. The number of rotatable bonds is 4. The molecule has 0 radical (unpaired) electrons. The Morgan fingerprint density at radius 1 is 1.29 bits per heavy atom. The number of benzene rings is 1. The van der Waals surface area contributed by atoms with Gasteiger partial charge >= 0.3 is 0 Å². The number of hydrogen-bond donors (Lipinski definition) is 2. The fraction of sp³-hybridized carbons (Fsp3) is 0.250. The van der Waals surface area contributed by atoms with Gasteiger partial charge in [-0.1, -0.05) is 22.0 Å². The number of carbonyl (C=O) groups excluding carboxylic acids is 1. The number of nitrogens with zero attached hydrogens (tertiary/aromatic N) is 1. The van der Waals surface area contributed by atoms with Crippen LogP contribution in [0.15, 0.2) is 34.9 Å². The summed E-state index contributed by atoms with van der Waals surface area (Å²) in [7, 11) is 0. The first kappa shape index (κ1) is 15.5. The largest absolute Gasteiger partial charge is 0.385 e. The first-order chi connectivity index (χ1) is 10.0. The third kappa shape index (κ3) is 3.61. The minimum atomic E-state index is -0.167. The van der Waals surface area contributed by atoms with Crippen LogP contribution in [0.25, 0.3) is 0 Å². The smallest absolute Gasteiger partial charge is 0.259 e. The molecule has 0 saturated carbocycles. The maximum Gasteiger partial charge on any atom is 0.259 e. The highest BCUT2D eigenvalue weighted by atomic mass is 79.9. The van der Waals surface area contributed by atoms with Crippen LogP contribution in [-0.4, -0.2) is 17.4 Å². The maximum atomic E-state index is 12.5. The van der Waals surface area contributed by atoms with Crippen molar-refractivity contribution in [2.24, 2.45) is 0 Å². The van der Waals surface area contributed by atoms with E-state index in [0.717, 1.165) is 33.6 Å². The predicted octanol–water partition coefficient (Wildman–Crippen LogP) is 4.15. The molecule has 0 atom stereocenters. The Balaban J connectivity index is 2.30. The summed E-state index contributed by atoms with van der Waals surface area (Å²) in [5.74, 6) is -0.167. The molecule has 1 aromatic heterocycles.